The number of rotatable bonds is 8. The molecule has 1 aliphatic heterocycles. The van der Waals surface area contributed by atoms with E-state index in [-0.39, 0.29) is 11.6 Å². The molecule has 0 saturated carbocycles. The first kappa shape index (κ1) is 25.3. The third-order valence-corrected chi connectivity index (χ3v) is 6.83. The van der Waals surface area contributed by atoms with Gasteiger partial charge in [0.1, 0.15) is 5.65 Å². The maximum absolute atomic E-state index is 13.8. The lowest BCUT2D eigenvalue weighted by atomic mass is 10.0. The molecule has 9 heteroatoms. The molecular formula is C28H31ClN6O2. The normalized spacial score (nSPS) is 15.5. The molecule has 0 amide bonds. The van der Waals surface area contributed by atoms with E-state index in [0.717, 1.165) is 48.3 Å². The summed E-state index contributed by atoms with van der Waals surface area (Å²) in [6.45, 7) is 4.70. The molecule has 192 valence electrons. The van der Waals surface area contributed by atoms with Gasteiger partial charge < -0.3 is 15.0 Å². The monoisotopic (exact) mass is 518 g/mol. The maximum Gasteiger partial charge on any atom is 0.260 e. The lowest BCUT2D eigenvalue weighted by molar-refractivity contribution is 0.195. The minimum absolute atomic E-state index is 0.122. The summed E-state index contributed by atoms with van der Waals surface area (Å²) in [6, 6.07) is 13.6. The summed E-state index contributed by atoms with van der Waals surface area (Å²) in [5, 5.41) is 4.62. The van der Waals surface area contributed by atoms with E-state index in [1.54, 1.807) is 10.8 Å². The van der Waals surface area contributed by atoms with Gasteiger partial charge in [0.05, 0.1) is 18.3 Å². The minimum Gasteiger partial charge on any atom is -0.379 e. The van der Waals surface area contributed by atoms with E-state index in [0.29, 0.717) is 40.9 Å². The molecule has 0 unspecified atom stereocenters. The van der Waals surface area contributed by atoms with Gasteiger partial charge in [0, 0.05) is 52.1 Å². The second-order valence-electron chi connectivity index (χ2n) is 9.71. The van der Waals surface area contributed by atoms with Crippen LogP contribution in [0.25, 0.3) is 33.4 Å². The SMILES string of the molecule is Cc1cccc(-c2ccc(-c3cc4cnc(N[C@@H]5CCOC5)nc4n(CCCN(C)C)c3=O)c(Cl)c2)n1. The Hall–Kier alpha value is -3.33. The van der Waals surface area contributed by atoms with Gasteiger partial charge >= 0.3 is 0 Å². The molecule has 3 aromatic heterocycles. The standard InChI is InChI=1S/C28H31ClN6O2/c1-18-6-4-7-25(31-18)19-8-9-22(24(29)15-19)23-14-20-16-30-28(32-21-10-13-37-17-21)33-26(20)35(27(23)36)12-5-11-34(2)3/h4,6-9,14-16,21H,5,10-13,17H2,1-3H3,(H,30,32,33)/t21-/m1/s1. The molecule has 37 heavy (non-hydrogen) atoms. The highest BCUT2D eigenvalue weighted by Crippen LogP contribution is 2.31. The highest BCUT2D eigenvalue weighted by Gasteiger charge is 2.19. The molecule has 1 fully saturated rings. The minimum atomic E-state index is -0.122. The van der Waals surface area contributed by atoms with Crippen molar-refractivity contribution in [2.24, 2.45) is 0 Å². The summed E-state index contributed by atoms with van der Waals surface area (Å²) in [7, 11) is 4.05. The summed E-state index contributed by atoms with van der Waals surface area (Å²) in [5.41, 5.74) is 4.37. The van der Waals surface area contributed by atoms with Crippen molar-refractivity contribution in [1.29, 1.82) is 0 Å². The average molecular weight is 519 g/mol. The Kier molecular flexibility index (Phi) is 7.50. The molecule has 1 N–H and O–H groups in total. The molecule has 4 aromatic rings. The molecule has 8 nitrogen and oxygen atoms in total. The van der Waals surface area contributed by atoms with Crippen molar-refractivity contribution >= 4 is 28.6 Å². The molecule has 0 spiro atoms. The Balaban J connectivity index is 1.57. The number of hydrogen-bond acceptors (Lipinski definition) is 7. The first-order chi connectivity index (χ1) is 17.9. The molecule has 0 bridgehead atoms. The number of benzene rings is 1. The van der Waals surface area contributed by atoms with Gasteiger partial charge in [-0.2, -0.15) is 4.98 Å². The van der Waals surface area contributed by atoms with Crippen LogP contribution in [-0.4, -0.2) is 64.3 Å². The number of halogens is 1. The lowest BCUT2D eigenvalue weighted by Gasteiger charge is -2.16. The second-order valence-corrected chi connectivity index (χ2v) is 10.1. The Morgan fingerprint density at radius 3 is 2.76 bits per heavy atom. The smallest absolute Gasteiger partial charge is 0.260 e. The van der Waals surface area contributed by atoms with Crippen molar-refractivity contribution in [3.8, 4) is 22.4 Å². The van der Waals surface area contributed by atoms with E-state index in [1.165, 1.54) is 0 Å². The topological polar surface area (TPSA) is 85.2 Å². The van der Waals surface area contributed by atoms with Gasteiger partial charge in [0.25, 0.3) is 5.56 Å². The zero-order valence-corrected chi connectivity index (χ0v) is 22.1. The van der Waals surface area contributed by atoms with Crippen LogP contribution < -0.4 is 10.9 Å². The van der Waals surface area contributed by atoms with Crippen LogP contribution in [0.3, 0.4) is 0 Å². The fourth-order valence-electron chi connectivity index (χ4n) is 4.60. The lowest BCUT2D eigenvalue weighted by Crippen LogP contribution is -2.26. The van der Waals surface area contributed by atoms with Gasteiger partial charge in [-0.15, -0.1) is 0 Å². The number of pyridine rings is 2. The summed E-state index contributed by atoms with van der Waals surface area (Å²) in [6.07, 6.45) is 3.48. The summed E-state index contributed by atoms with van der Waals surface area (Å²) in [5.74, 6) is 0.504. The molecule has 5 rings (SSSR count). The highest BCUT2D eigenvalue weighted by atomic mass is 35.5. The van der Waals surface area contributed by atoms with Gasteiger partial charge in [-0.05, 0) is 64.7 Å². The van der Waals surface area contributed by atoms with E-state index >= 15 is 0 Å². The third-order valence-electron chi connectivity index (χ3n) is 6.52. The first-order valence-electron chi connectivity index (χ1n) is 12.5. The van der Waals surface area contributed by atoms with Crippen molar-refractivity contribution < 1.29 is 4.74 Å². The van der Waals surface area contributed by atoms with Crippen LogP contribution in [0.1, 0.15) is 18.5 Å². The van der Waals surface area contributed by atoms with Crippen LogP contribution in [0, 0.1) is 6.92 Å². The third kappa shape index (κ3) is 5.66. The van der Waals surface area contributed by atoms with Gasteiger partial charge in [0.2, 0.25) is 5.95 Å². The molecule has 4 heterocycles. The van der Waals surface area contributed by atoms with Crippen molar-refractivity contribution in [1.82, 2.24) is 24.4 Å². The Morgan fingerprint density at radius 2 is 2.03 bits per heavy atom. The number of hydrogen-bond donors (Lipinski definition) is 1. The fraction of sp³-hybridized carbons (Fsp3) is 0.357. The molecular weight excluding hydrogens is 488 g/mol. The van der Waals surface area contributed by atoms with E-state index < -0.39 is 0 Å². The van der Waals surface area contributed by atoms with Crippen LogP contribution in [0.4, 0.5) is 5.95 Å². The number of anilines is 1. The largest absolute Gasteiger partial charge is 0.379 e. The van der Waals surface area contributed by atoms with Crippen molar-refractivity contribution in [3.05, 3.63) is 69.7 Å². The fourth-order valence-corrected chi connectivity index (χ4v) is 4.88. The molecule has 1 saturated heterocycles. The molecule has 1 aliphatic rings. The van der Waals surface area contributed by atoms with Gasteiger partial charge in [-0.25, -0.2) is 4.98 Å². The quantitative estimate of drug-likeness (QED) is 0.364. The van der Waals surface area contributed by atoms with Crippen LogP contribution in [0.5, 0.6) is 0 Å². The van der Waals surface area contributed by atoms with E-state index in [1.807, 2.05) is 63.5 Å². The zero-order chi connectivity index (χ0) is 25.9. The predicted octanol–water partition coefficient (Wildman–Crippen LogP) is 4.63. The second kappa shape index (κ2) is 11.0. The van der Waals surface area contributed by atoms with Crippen LogP contribution in [0.15, 0.2) is 53.5 Å². The zero-order valence-electron chi connectivity index (χ0n) is 21.4. The van der Waals surface area contributed by atoms with E-state index in [4.69, 9.17) is 21.3 Å². The average Bonchev–Trinajstić information content (AvgIpc) is 3.38. The molecule has 1 atom stereocenters. The number of nitrogens with zero attached hydrogens (tertiary/aromatic N) is 5. The maximum atomic E-state index is 13.8. The van der Waals surface area contributed by atoms with Gasteiger partial charge in [-0.1, -0.05) is 29.8 Å². The number of aromatic nitrogens is 4. The molecule has 0 aliphatic carbocycles. The van der Waals surface area contributed by atoms with Crippen molar-refractivity contribution in [3.63, 3.8) is 0 Å². The van der Waals surface area contributed by atoms with Crippen LogP contribution >= 0.6 is 11.6 Å². The highest BCUT2D eigenvalue weighted by molar-refractivity contribution is 6.33. The molecule has 1 aromatic carbocycles. The van der Waals surface area contributed by atoms with E-state index in [2.05, 4.69) is 20.2 Å². The summed E-state index contributed by atoms with van der Waals surface area (Å²) >= 11 is 6.76. The van der Waals surface area contributed by atoms with Crippen molar-refractivity contribution in [2.75, 3.05) is 39.2 Å². The number of aryl methyl sites for hydroxylation is 2. The van der Waals surface area contributed by atoms with Crippen LogP contribution in [0.2, 0.25) is 5.02 Å². The predicted molar refractivity (Wildman–Crippen MR) is 148 cm³/mol. The Bertz CT molecular complexity index is 1480. The van der Waals surface area contributed by atoms with Crippen LogP contribution in [-0.2, 0) is 11.3 Å². The number of fused-ring (bicyclic) bond motifs is 1. The Labute approximate surface area is 221 Å². The van der Waals surface area contributed by atoms with Gasteiger partial charge in [0.15, 0.2) is 0 Å². The summed E-state index contributed by atoms with van der Waals surface area (Å²) in [4.78, 5) is 29.8. The van der Waals surface area contributed by atoms with Crippen molar-refractivity contribution in [2.45, 2.75) is 32.4 Å². The summed E-state index contributed by atoms with van der Waals surface area (Å²) < 4.78 is 7.21. The van der Waals surface area contributed by atoms with E-state index in [9.17, 15) is 4.79 Å². The van der Waals surface area contributed by atoms with Gasteiger partial charge in [-0.3, -0.25) is 14.3 Å². The first-order valence-corrected chi connectivity index (χ1v) is 12.9. The molecule has 0 radical (unpaired) electrons. The number of ether oxygens (including phenoxy) is 1. The Morgan fingerprint density at radius 1 is 1.16 bits per heavy atom. The number of nitrogens with one attached hydrogen (secondary N) is 1.